The minimum atomic E-state index is -0.456. The van der Waals surface area contributed by atoms with E-state index in [1.165, 1.54) is 38.5 Å². The number of esters is 1. The molecule has 1 aliphatic carbocycles. The van der Waals surface area contributed by atoms with Crippen molar-refractivity contribution < 1.29 is 14.6 Å². The van der Waals surface area contributed by atoms with E-state index in [-0.39, 0.29) is 5.75 Å². The van der Waals surface area contributed by atoms with Crippen molar-refractivity contribution in [3.05, 3.63) is 36.4 Å². The summed E-state index contributed by atoms with van der Waals surface area (Å²) in [5, 5.41) is 16.5. The van der Waals surface area contributed by atoms with Gasteiger partial charge in [-0.05, 0) is 31.0 Å². The second kappa shape index (κ2) is 8.96. The molecule has 0 amide bonds. The molecule has 0 aliphatic heterocycles. The summed E-state index contributed by atoms with van der Waals surface area (Å²) in [5.41, 5.74) is 0.766. The zero-order valence-corrected chi connectivity index (χ0v) is 14.0. The van der Waals surface area contributed by atoms with Crippen LogP contribution in [0.4, 0.5) is 5.69 Å². The highest BCUT2D eigenvalue weighted by molar-refractivity contribution is 5.97. The molecule has 0 spiro atoms. The van der Waals surface area contributed by atoms with Gasteiger partial charge in [0.25, 0.3) is 0 Å². The van der Waals surface area contributed by atoms with Crippen LogP contribution in [0.5, 0.6) is 5.75 Å². The predicted octanol–water partition coefficient (Wildman–Crippen LogP) is 3.06. The molecule has 0 atom stereocenters. The number of methoxy groups -OCH3 is 1. The van der Waals surface area contributed by atoms with Gasteiger partial charge in [-0.15, -0.1) is 6.58 Å². The highest BCUT2D eigenvalue weighted by atomic mass is 16.5. The number of guanidine groups is 1. The number of benzene rings is 1. The number of ether oxygens (including phenoxy) is 1. The third kappa shape index (κ3) is 5.01. The Morgan fingerprint density at radius 3 is 2.83 bits per heavy atom. The van der Waals surface area contributed by atoms with E-state index >= 15 is 0 Å². The number of nitrogens with zero attached hydrogens (tertiary/aromatic N) is 1. The van der Waals surface area contributed by atoms with Crippen LogP contribution in [0.25, 0.3) is 0 Å². The quantitative estimate of drug-likeness (QED) is 0.254. The third-order valence-electron chi connectivity index (χ3n) is 4.00. The van der Waals surface area contributed by atoms with Crippen molar-refractivity contribution in [1.82, 2.24) is 5.32 Å². The summed E-state index contributed by atoms with van der Waals surface area (Å²) in [6.07, 6.45) is 7.58. The molecule has 130 valence electrons. The van der Waals surface area contributed by atoms with Crippen LogP contribution in [0.3, 0.4) is 0 Å². The number of hydrogen-bond acceptors (Lipinski definition) is 4. The van der Waals surface area contributed by atoms with Crippen LogP contribution >= 0.6 is 0 Å². The Bertz CT molecular complexity index is 608. The van der Waals surface area contributed by atoms with E-state index in [2.05, 4.69) is 22.2 Å². The third-order valence-corrected chi connectivity index (χ3v) is 4.00. The first-order valence-corrected chi connectivity index (χ1v) is 8.24. The number of phenols is 1. The van der Waals surface area contributed by atoms with Gasteiger partial charge >= 0.3 is 5.97 Å². The zero-order valence-electron chi connectivity index (χ0n) is 14.0. The Kier molecular flexibility index (Phi) is 6.66. The fourth-order valence-electron chi connectivity index (χ4n) is 2.73. The van der Waals surface area contributed by atoms with Gasteiger partial charge in [0.15, 0.2) is 5.96 Å². The van der Waals surface area contributed by atoms with Gasteiger partial charge in [0, 0.05) is 6.04 Å². The van der Waals surface area contributed by atoms with Gasteiger partial charge < -0.3 is 20.5 Å². The lowest BCUT2D eigenvalue weighted by atomic mass is 9.96. The minimum Gasteiger partial charge on any atom is -0.506 e. The summed E-state index contributed by atoms with van der Waals surface area (Å²) < 4.78 is 4.72. The molecule has 0 saturated heterocycles. The van der Waals surface area contributed by atoms with Crippen molar-refractivity contribution >= 4 is 17.6 Å². The molecule has 2 rings (SSSR count). The summed E-state index contributed by atoms with van der Waals surface area (Å²) in [6.45, 7) is 4.14. The van der Waals surface area contributed by atoms with Crippen molar-refractivity contribution in [3.63, 3.8) is 0 Å². The molecule has 1 saturated carbocycles. The van der Waals surface area contributed by atoms with Gasteiger partial charge in [0.1, 0.15) is 5.75 Å². The monoisotopic (exact) mass is 331 g/mol. The largest absolute Gasteiger partial charge is 0.506 e. The number of anilines is 1. The highest BCUT2D eigenvalue weighted by Crippen LogP contribution is 2.25. The lowest BCUT2D eigenvalue weighted by Gasteiger charge is -2.25. The standard InChI is InChI=1S/C18H25N3O3/c1-3-11-19-18(20-14-7-5-4-6-8-14)21-15-12-13(17(23)24-2)9-10-16(15)22/h3,9-10,12,14,22H,1,4-8,11H2,2H3,(H2,19,20,21). The smallest absolute Gasteiger partial charge is 0.337 e. The summed E-state index contributed by atoms with van der Waals surface area (Å²) in [6, 6.07) is 4.88. The number of carbonyl (C=O) groups excluding carboxylic acids is 1. The van der Waals surface area contributed by atoms with Crippen LogP contribution in [-0.2, 0) is 4.74 Å². The van der Waals surface area contributed by atoms with Crippen molar-refractivity contribution in [3.8, 4) is 5.75 Å². The number of carbonyl (C=O) groups is 1. The molecule has 1 aromatic carbocycles. The SMILES string of the molecule is C=CCN=C(Nc1cc(C(=O)OC)ccc1O)NC1CCCCC1. The average molecular weight is 331 g/mol. The second-order valence-corrected chi connectivity index (χ2v) is 5.81. The molecule has 1 fully saturated rings. The van der Waals surface area contributed by atoms with Crippen molar-refractivity contribution in [1.29, 1.82) is 0 Å². The van der Waals surface area contributed by atoms with Crippen LogP contribution < -0.4 is 10.6 Å². The maximum absolute atomic E-state index is 11.7. The van der Waals surface area contributed by atoms with Crippen LogP contribution in [0.1, 0.15) is 42.5 Å². The molecule has 0 radical (unpaired) electrons. The Labute approximate surface area is 142 Å². The Morgan fingerprint density at radius 1 is 1.42 bits per heavy atom. The molecule has 1 aromatic rings. The number of aromatic hydroxyl groups is 1. The van der Waals surface area contributed by atoms with Crippen LogP contribution in [0, 0.1) is 0 Å². The lowest BCUT2D eigenvalue weighted by Crippen LogP contribution is -2.40. The first-order valence-electron chi connectivity index (χ1n) is 8.24. The van der Waals surface area contributed by atoms with E-state index in [1.807, 2.05) is 0 Å². The van der Waals surface area contributed by atoms with Crippen molar-refractivity contribution in [2.75, 3.05) is 19.0 Å². The van der Waals surface area contributed by atoms with Gasteiger partial charge in [-0.1, -0.05) is 25.3 Å². The first kappa shape index (κ1) is 17.8. The minimum absolute atomic E-state index is 0.0411. The topological polar surface area (TPSA) is 83.0 Å². The van der Waals surface area contributed by atoms with E-state index in [1.54, 1.807) is 12.1 Å². The molecule has 0 aromatic heterocycles. The van der Waals surface area contributed by atoms with Gasteiger partial charge in [-0.2, -0.15) is 0 Å². The normalized spacial score (nSPS) is 15.6. The molecule has 6 nitrogen and oxygen atoms in total. The zero-order chi connectivity index (χ0) is 17.4. The molecule has 1 aliphatic rings. The summed E-state index contributed by atoms with van der Waals surface area (Å²) in [4.78, 5) is 16.1. The van der Waals surface area contributed by atoms with Gasteiger partial charge in [-0.3, -0.25) is 0 Å². The summed E-state index contributed by atoms with van der Waals surface area (Å²) in [7, 11) is 1.32. The molecule has 3 N–H and O–H groups in total. The number of rotatable bonds is 5. The number of aliphatic imine (C=N–C) groups is 1. The average Bonchev–Trinajstić information content (AvgIpc) is 2.61. The van der Waals surface area contributed by atoms with Crippen LogP contribution in [0.15, 0.2) is 35.8 Å². The van der Waals surface area contributed by atoms with Gasteiger partial charge in [-0.25, -0.2) is 9.79 Å². The number of phenolic OH excluding ortho intramolecular Hbond substituents is 1. The molecular weight excluding hydrogens is 306 g/mol. The molecule has 6 heteroatoms. The Hall–Kier alpha value is -2.50. The van der Waals surface area contributed by atoms with Crippen LogP contribution in [0.2, 0.25) is 0 Å². The summed E-state index contributed by atoms with van der Waals surface area (Å²) in [5.74, 6) is 0.154. The van der Waals surface area contributed by atoms with E-state index < -0.39 is 5.97 Å². The number of nitrogens with one attached hydrogen (secondary N) is 2. The molecule has 0 bridgehead atoms. The molecule has 0 unspecified atom stereocenters. The first-order chi connectivity index (χ1) is 11.6. The Morgan fingerprint density at radius 2 is 2.17 bits per heavy atom. The maximum atomic E-state index is 11.7. The second-order valence-electron chi connectivity index (χ2n) is 5.81. The van der Waals surface area contributed by atoms with E-state index in [4.69, 9.17) is 4.74 Å². The van der Waals surface area contributed by atoms with E-state index in [0.717, 1.165) is 12.8 Å². The predicted molar refractivity (Wildman–Crippen MR) is 95.6 cm³/mol. The Balaban J connectivity index is 2.15. The fourth-order valence-corrected chi connectivity index (χ4v) is 2.73. The highest BCUT2D eigenvalue weighted by Gasteiger charge is 2.16. The van der Waals surface area contributed by atoms with Crippen molar-refractivity contribution in [2.24, 2.45) is 4.99 Å². The number of hydrogen-bond donors (Lipinski definition) is 3. The molecular formula is C18H25N3O3. The van der Waals surface area contributed by atoms with E-state index in [9.17, 15) is 9.90 Å². The van der Waals surface area contributed by atoms with Gasteiger partial charge in [0.05, 0.1) is 24.9 Å². The van der Waals surface area contributed by atoms with Crippen molar-refractivity contribution in [2.45, 2.75) is 38.1 Å². The maximum Gasteiger partial charge on any atom is 0.337 e. The molecule has 0 heterocycles. The molecule has 24 heavy (non-hydrogen) atoms. The lowest BCUT2D eigenvalue weighted by molar-refractivity contribution is 0.0601. The van der Waals surface area contributed by atoms with E-state index in [0.29, 0.717) is 29.8 Å². The van der Waals surface area contributed by atoms with Crippen LogP contribution in [-0.4, -0.2) is 36.7 Å². The summed E-state index contributed by atoms with van der Waals surface area (Å²) >= 11 is 0. The fraction of sp³-hybridized carbons (Fsp3) is 0.444. The van der Waals surface area contributed by atoms with Gasteiger partial charge in [0.2, 0.25) is 0 Å².